The largest absolute Gasteiger partial charge is 0.357 e. The Morgan fingerprint density at radius 2 is 1.95 bits per heavy atom. The highest BCUT2D eigenvalue weighted by atomic mass is 35.5. The predicted molar refractivity (Wildman–Crippen MR) is 94.7 cm³/mol. The molecule has 0 fully saturated rings. The summed E-state index contributed by atoms with van der Waals surface area (Å²) in [5.41, 5.74) is 2.22. The number of aliphatic imine (C=N–C) groups is 1. The molecular weight excluding hydrogens is 316 g/mol. The fourth-order valence-electron chi connectivity index (χ4n) is 2.00. The average molecular weight is 337 g/mol. The Morgan fingerprint density at radius 3 is 2.55 bits per heavy atom. The summed E-state index contributed by atoms with van der Waals surface area (Å²) >= 11 is 7.61. The van der Waals surface area contributed by atoms with Crippen LogP contribution < -0.4 is 10.6 Å². The lowest BCUT2D eigenvalue weighted by Crippen LogP contribution is -2.36. The van der Waals surface area contributed by atoms with Crippen LogP contribution in [0.15, 0.2) is 29.3 Å². The molecule has 0 saturated heterocycles. The van der Waals surface area contributed by atoms with Crippen LogP contribution in [0.1, 0.15) is 28.1 Å². The first-order chi connectivity index (χ1) is 10.6. The highest BCUT2D eigenvalue weighted by Gasteiger charge is 2.05. The maximum atomic E-state index is 5.89. The summed E-state index contributed by atoms with van der Waals surface area (Å²) in [4.78, 5) is 10.3. The monoisotopic (exact) mass is 336 g/mol. The van der Waals surface area contributed by atoms with Crippen molar-refractivity contribution in [1.82, 2.24) is 15.6 Å². The van der Waals surface area contributed by atoms with Gasteiger partial charge in [-0.3, -0.25) is 0 Å². The summed E-state index contributed by atoms with van der Waals surface area (Å²) in [5.74, 6) is 0.808. The van der Waals surface area contributed by atoms with Gasteiger partial charge in [0.25, 0.3) is 0 Å². The number of hydrogen-bond donors (Lipinski definition) is 2. The lowest BCUT2D eigenvalue weighted by Gasteiger charge is -2.10. The Hall–Kier alpha value is -1.59. The van der Waals surface area contributed by atoms with Gasteiger partial charge in [0.1, 0.15) is 0 Å². The van der Waals surface area contributed by atoms with Crippen LogP contribution in [0, 0.1) is 13.8 Å². The number of rotatable bonds is 5. The van der Waals surface area contributed by atoms with E-state index in [1.165, 1.54) is 4.88 Å². The van der Waals surface area contributed by atoms with Crippen LogP contribution in [0.2, 0.25) is 5.02 Å². The number of halogens is 1. The SMILES string of the molecule is CCNC(=NCc1ccc(Cl)cc1)NCc1sc(C)nc1C. The summed E-state index contributed by atoms with van der Waals surface area (Å²) in [6.07, 6.45) is 0. The van der Waals surface area contributed by atoms with E-state index in [4.69, 9.17) is 11.6 Å². The molecule has 0 aliphatic heterocycles. The standard InChI is InChI=1S/C16H21ClN4S/c1-4-18-16(19-9-13-5-7-14(17)8-6-13)20-10-15-11(2)21-12(3)22-15/h5-8H,4,9-10H2,1-3H3,(H2,18,19,20). The lowest BCUT2D eigenvalue weighted by atomic mass is 10.2. The van der Waals surface area contributed by atoms with Gasteiger partial charge in [0.05, 0.1) is 23.8 Å². The topological polar surface area (TPSA) is 49.3 Å². The Kier molecular flexibility index (Phi) is 6.21. The third-order valence-corrected chi connectivity index (χ3v) is 4.42. The van der Waals surface area contributed by atoms with Crippen LogP contribution in [-0.4, -0.2) is 17.5 Å². The lowest BCUT2D eigenvalue weighted by molar-refractivity contribution is 0.819. The highest BCUT2D eigenvalue weighted by Crippen LogP contribution is 2.16. The van der Waals surface area contributed by atoms with Gasteiger partial charge in [0, 0.05) is 16.4 Å². The average Bonchev–Trinajstić information content (AvgIpc) is 2.81. The smallest absolute Gasteiger partial charge is 0.191 e. The van der Waals surface area contributed by atoms with E-state index in [1.54, 1.807) is 11.3 Å². The van der Waals surface area contributed by atoms with Gasteiger partial charge < -0.3 is 10.6 Å². The second-order valence-corrected chi connectivity index (χ2v) is 6.64. The molecule has 1 aromatic carbocycles. The number of nitrogens with zero attached hydrogens (tertiary/aromatic N) is 2. The fourth-order valence-corrected chi connectivity index (χ4v) is 3.01. The minimum atomic E-state index is 0.618. The first-order valence-electron chi connectivity index (χ1n) is 7.28. The van der Waals surface area contributed by atoms with Crippen molar-refractivity contribution in [3.63, 3.8) is 0 Å². The van der Waals surface area contributed by atoms with Crippen molar-refractivity contribution in [1.29, 1.82) is 0 Å². The van der Waals surface area contributed by atoms with Crippen molar-refractivity contribution in [2.45, 2.75) is 33.9 Å². The molecule has 2 rings (SSSR count). The van der Waals surface area contributed by atoms with Crippen molar-refractivity contribution in [3.8, 4) is 0 Å². The van der Waals surface area contributed by atoms with E-state index >= 15 is 0 Å². The van der Waals surface area contributed by atoms with Crippen LogP contribution in [0.5, 0.6) is 0 Å². The van der Waals surface area contributed by atoms with Gasteiger partial charge in [-0.05, 0) is 38.5 Å². The Balaban J connectivity index is 1.97. The molecule has 0 atom stereocenters. The van der Waals surface area contributed by atoms with E-state index in [-0.39, 0.29) is 0 Å². The van der Waals surface area contributed by atoms with Crippen LogP contribution in [-0.2, 0) is 13.1 Å². The zero-order valence-corrected chi connectivity index (χ0v) is 14.7. The third kappa shape index (κ3) is 5.00. The summed E-state index contributed by atoms with van der Waals surface area (Å²) in [6.45, 7) is 8.31. The zero-order valence-electron chi connectivity index (χ0n) is 13.1. The number of hydrogen-bond acceptors (Lipinski definition) is 3. The van der Waals surface area contributed by atoms with E-state index in [1.807, 2.05) is 38.1 Å². The minimum absolute atomic E-state index is 0.618. The summed E-state index contributed by atoms with van der Waals surface area (Å²) in [6, 6.07) is 7.75. The fraction of sp³-hybridized carbons (Fsp3) is 0.375. The number of aromatic nitrogens is 1. The van der Waals surface area contributed by atoms with E-state index in [0.717, 1.165) is 40.3 Å². The van der Waals surface area contributed by atoms with Crippen LogP contribution in [0.25, 0.3) is 0 Å². The molecule has 0 amide bonds. The van der Waals surface area contributed by atoms with Crippen molar-refractivity contribution < 1.29 is 0 Å². The van der Waals surface area contributed by atoms with Gasteiger partial charge in [0.15, 0.2) is 5.96 Å². The van der Waals surface area contributed by atoms with Gasteiger partial charge in [-0.25, -0.2) is 9.98 Å². The molecule has 4 nitrogen and oxygen atoms in total. The molecule has 0 radical (unpaired) electrons. The molecule has 118 valence electrons. The number of guanidine groups is 1. The van der Waals surface area contributed by atoms with Crippen LogP contribution in [0.3, 0.4) is 0 Å². The normalized spacial score (nSPS) is 11.5. The molecule has 2 aromatic rings. The van der Waals surface area contributed by atoms with Crippen molar-refractivity contribution in [2.75, 3.05) is 6.54 Å². The van der Waals surface area contributed by atoms with E-state index < -0.39 is 0 Å². The third-order valence-electron chi connectivity index (χ3n) is 3.09. The minimum Gasteiger partial charge on any atom is -0.357 e. The van der Waals surface area contributed by atoms with Crippen molar-refractivity contribution in [3.05, 3.63) is 50.4 Å². The van der Waals surface area contributed by atoms with Gasteiger partial charge in [-0.15, -0.1) is 11.3 Å². The molecule has 0 aliphatic carbocycles. The van der Waals surface area contributed by atoms with Crippen LogP contribution in [0.4, 0.5) is 0 Å². The number of aryl methyl sites for hydroxylation is 2. The summed E-state index contributed by atoms with van der Waals surface area (Å²) in [5, 5.41) is 8.45. The number of thiazole rings is 1. The second-order valence-electron chi connectivity index (χ2n) is 4.92. The second kappa shape index (κ2) is 8.15. The van der Waals surface area contributed by atoms with E-state index in [9.17, 15) is 0 Å². The molecule has 0 unspecified atom stereocenters. The first-order valence-corrected chi connectivity index (χ1v) is 8.47. The maximum Gasteiger partial charge on any atom is 0.191 e. The first kappa shape index (κ1) is 16.8. The Bertz CT molecular complexity index is 634. The van der Waals surface area contributed by atoms with Gasteiger partial charge in [-0.1, -0.05) is 23.7 Å². The summed E-state index contributed by atoms with van der Waals surface area (Å²) < 4.78 is 0. The van der Waals surface area contributed by atoms with Gasteiger partial charge in [-0.2, -0.15) is 0 Å². The Labute approximate surface area is 140 Å². The molecular formula is C16H21ClN4S. The Morgan fingerprint density at radius 1 is 1.23 bits per heavy atom. The molecule has 6 heteroatoms. The molecule has 0 aliphatic rings. The zero-order chi connectivity index (χ0) is 15.9. The molecule has 1 aromatic heterocycles. The molecule has 0 saturated carbocycles. The maximum absolute atomic E-state index is 5.89. The van der Waals surface area contributed by atoms with Crippen molar-refractivity contribution >= 4 is 28.9 Å². The predicted octanol–water partition coefficient (Wildman–Crippen LogP) is 3.67. The van der Waals surface area contributed by atoms with E-state index in [2.05, 4.69) is 27.5 Å². The van der Waals surface area contributed by atoms with Crippen molar-refractivity contribution in [2.24, 2.45) is 4.99 Å². The molecule has 0 bridgehead atoms. The quantitative estimate of drug-likeness (QED) is 0.647. The van der Waals surface area contributed by atoms with E-state index in [0.29, 0.717) is 6.54 Å². The van der Waals surface area contributed by atoms with Gasteiger partial charge >= 0.3 is 0 Å². The number of benzene rings is 1. The van der Waals surface area contributed by atoms with Crippen LogP contribution >= 0.6 is 22.9 Å². The molecule has 22 heavy (non-hydrogen) atoms. The molecule has 1 heterocycles. The number of nitrogens with one attached hydrogen (secondary N) is 2. The van der Waals surface area contributed by atoms with Gasteiger partial charge in [0.2, 0.25) is 0 Å². The molecule has 2 N–H and O–H groups in total. The summed E-state index contributed by atoms with van der Waals surface area (Å²) in [7, 11) is 0. The molecule has 0 spiro atoms. The highest BCUT2D eigenvalue weighted by molar-refractivity contribution is 7.11.